The van der Waals surface area contributed by atoms with E-state index >= 15 is 0 Å². The second-order valence-electron chi connectivity index (χ2n) is 6.79. The monoisotopic (exact) mass is 361 g/mol. The third-order valence-corrected chi connectivity index (χ3v) is 5.88. The Labute approximate surface area is 155 Å². The third kappa shape index (κ3) is 2.42. The van der Waals surface area contributed by atoms with Gasteiger partial charge in [0.25, 0.3) is 5.91 Å². The number of imidazole rings is 1. The van der Waals surface area contributed by atoms with Gasteiger partial charge in [0, 0.05) is 35.6 Å². The smallest absolute Gasteiger partial charge is 0.255 e. The van der Waals surface area contributed by atoms with Gasteiger partial charge in [0.1, 0.15) is 5.82 Å². The molecule has 4 nitrogen and oxygen atoms in total. The van der Waals surface area contributed by atoms with Crippen LogP contribution in [0.1, 0.15) is 29.6 Å². The predicted octanol–water partition coefficient (Wildman–Crippen LogP) is 4.84. The average Bonchev–Trinajstić information content (AvgIpc) is 3.37. The first-order chi connectivity index (χ1) is 12.8. The number of nitrogens with zero attached hydrogens (tertiary/aromatic N) is 3. The highest BCUT2D eigenvalue weighted by Gasteiger charge is 2.22. The van der Waals surface area contributed by atoms with Crippen molar-refractivity contribution in [3.63, 3.8) is 0 Å². The van der Waals surface area contributed by atoms with Crippen LogP contribution in [-0.4, -0.2) is 33.3 Å². The maximum absolute atomic E-state index is 13.3. The zero-order chi connectivity index (χ0) is 17.5. The molecule has 0 spiro atoms. The molecule has 4 aromatic rings. The lowest BCUT2D eigenvalue weighted by Gasteiger charge is -2.27. The summed E-state index contributed by atoms with van der Waals surface area (Å²) in [5.74, 6) is 1.02. The molecule has 5 rings (SSSR count). The van der Waals surface area contributed by atoms with E-state index in [0.717, 1.165) is 59.2 Å². The molecule has 1 saturated heterocycles. The minimum Gasteiger partial charge on any atom is -0.339 e. The Morgan fingerprint density at radius 1 is 1.04 bits per heavy atom. The van der Waals surface area contributed by atoms with Gasteiger partial charge in [0.15, 0.2) is 0 Å². The van der Waals surface area contributed by atoms with E-state index < -0.39 is 0 Å². The molecule has 1 aromatic carbocycles. The summed E-state index contributed by atoms with van der Waals surface area (Å²) in [6, 6.07) is 10.2. The van der Waals surface area contributed by atoms with Crippen molar-refractivity contribution in [2.24, 2.45) is 0 Å². The molecule has 1 aliphatic heterocycles. The molecule has 0 aliphatic carbocycles. The van der Waals surface area contributed by atoms with E-state index in [2.05, 4.69) is 32.3 Å². The van der Waals surface area contributed by atoms with Gasteiger partial charge in [-0.05, 0) is 36.1 Å². The molecule has 1 aliphatic rings. The number of fused-ring (bicyclic) bond motifs is 3. The third-order valence-electron chi connectivity index (χ3n) is 5.20. The molecular weight excluding hydrogens is 342 g/mol. The highest BCUT2D eigenvalue weighted by atomic mass is 32.1. The second-order valence-corrected chi connectivity index (χ2v) is 7.57. The fourth-order valence-electron chi connectivity index (χ4n) is 3.87. The van der Waals surface area contributed by atoms with E-state index in [-0.39, 0.29) is 5.91 Å². The van der Waals surface area contributed by atoms with Crippen molar-refractivity contribution in [1.29, 1.82) is 0 Å². The van der Waals surface area contributed by atoms with Crippen LogP contribution in [0.5, 0.6) is 0 Å². The largest absolute Gasteiger partial charge is 0.339 e. The number of benzene rings is 1. The second kappa shape index (κ2) is 6.25. The fraction of sp³-hybridized carbons (Fsp3) is 0.238. The van der Waals surface area contributed by atoms with Crippen LogP contribution in [0.15, 0.2) is 53.5 Å². The molecule has 0 bridgehead atoms. The number of thiophene rings is 1. The molecule has 1 amide bonds. The summed E-state index contributed by atoms with van der Waals surface area (Å²) in [6.07, 6.45) is 7.29. The number of carbonyl (C=O) groups is 1. The predicted molar refractivity (Wildman–Crippen MR) is 106 cm³/mol. The van der Waals surface area contributed by atoms with Crippen LogP contribution in [0.25, 0.3) is 27.7 Å². The molecule has 0 atom stereocenters. The standard InChI is InChI=1S/C21H19N3OS/c25-21(23-9-4-1-5-10-23)18-13-24-19(17-7-3-2-6-16(17)18)12-22-20(24)15-8-11-26-14-15/h2-3,6-8,11-14H,1,4-5,9-10H2. The zero-order valence-corrected chi connectivity index (χ0v) is 15.2. The van der Waals surface area contributed by atoms with E-state index in [9.17, 15) is 4.79 Å². The molecule has 26 heavy (non-hydrogen) atoms. The minimum atomic E-state index is 0.132. The Morgan fingerprint density at radius 2 is 1.85 bits per heavy atom. The van der Waals surface area contributed by atoms with Crippen LogP contribution in [0, 0.1) is 0 Å². The van der Waals surface area contributed by atoms with Gasteiger partial charge < -0.3 is 4.90 Å². The molecule has 4 heterocycles. The molecule has 0 saturated carbocycles. The maximum Gasteiger partial charge on any atom is 0.255 e. The van der Waals surface area contributed by atoms with Crippen LogP contribution >= 0.6 is 11.3 Å². The van der Waals surface area contributed by atoms with Gasteiger partial charge in [0.05, 0.1) is 17.3 Å². The SMILES string of the molecule is O=C(c1cn2c(-c3ccsc3)ncc2c2ccccc12)N1CCCCC1. The highest BCUT2D eigenvalue weighted by Crippen LogP contribution is 2.30. The van der Waals surface area contributed by atoms with Crippen molar-refractivity contribution >= 4 is 33.5 Å². The van der Waals surface area contributed by atoms with Crippen LogP contribution in [-0.2, 0) is 0 Å². The number of amides is 1. The first kappa shape index (κ1) is 15.6. The summed E-state index contributed by atoms with van der Waals surface area (Å²) in [5, 5.41) is 6.23. The lowest BCUT2D eigenvalue weighted by molar-refractivity contribution is 0.0726. The van der Waals surface area contributed by atoms with Crippen LogP contribution in [0.3, 0.4) is 0 Å². The van der Waals surface area contributed by atoms with E-state index in [1.54, 1.807) is 11.3 Å². The molecule has 0 N–H and O–H groups in total. The van der Waals surface area contributed by atoms with Gasteiger partial charge in [-0.25, -0.2) is 4.98 Å². The Balaban J connectivity index is 1.75. The van der Waals surface area contributed by atoms with E-state index in [1.165, 1.54) is 6.42 Å². The van der Waals surface area contributed by atoms with Gasteiger partial charge in [-0.2, -0.15) is 11.3 Å². The van der Waals surface area contributed by atoms with Crippen molar-refractivity contribution < 1.29 is 4.79 Å². The number of hydrogen-bond donors (Lipinski definition) is 0. The number of carbonyl (C=O) groups excluding carboxylic acids is 1. The van der Waals surface area contributed by atoms with E-state index in [4.69, 9.17) is 0 Å². The van der Waals surface area contributed by atoms with Crippen LogP contribution in [0.4, 0.5) is 0 Å². The Morgan fingerprint density at radius 3 is 2.62 bits per heavy atom. The molecule has 5 heteroatoms. The lowest BCUT2D eigenvalue weighted by atomic mass is 10.0. The summed E-state index contributed by atoms with van der Waals surface area (Å²) in [7, 11) is 0. The highest BCUT2D eigenvalue weighted by molar-refractivity contribution is 7.08. The lowest BCUT2D eigenvalue weighted by Crippen LogP contribution is -2.35. The van der Waals surface area contributed by atoms with Crippen LogP contribution in [0.2, 0.25) is 0 Å². The summed E-state index contributed by atoms with van der Waals surface area (Å²) in [4.78, 5) is 19.9. The number of hydrogen-bond acceptors (Lipinski definition) is 3. The van der Waals surface area contributed by atoms with Crippen molar-refractivity contribution in [1.82, 2.24) is 14.3 Å². The van der Waals surface area contributed by atoms with E-state index in [1.807, 2.05) is 35.5 Å². The van der Waals surface area contributed by atoms with Gasteiger partial charge in [-0.3, -0.25) is 9.20 Å². The maximum atomic E-state index is 13.3. The fourth-order valence-corrected chi connectivity index (χ4v) is 4.51. The number of aromatic nitrogens is 2. The quantitative estimate of drug-likeness (QED) is 0.512. The van der Waals surface area contributed by atoms with Gasteiger partial charge >= 0.3 is 0 Å². The van der Waals surface area contributed by atoms with Gasteiger partial charge in [-0.15, -0.1) is 0 Å². The van der Waals surface area contributed by atoms with Crippen LogP contribution < -0.4 is 0 Å². The Kier molecular flexibility index (Phi) is 3.75. The molecule has 130 valence electrons. The first-order valence-corrected chi connectivity index (χ1v) is 9.98. The molecular formula is C21H19N3OS. The van der Waals surface area contributed by atoms with Crippen molar-refractivity contribution in [3.05, 3.63) is 59.0 Å². The Hall–Kier alpha value is -2.66. The van der Waals surface area contributed by atoms with E-state index in [0.29, 0.717) is 0 Å². The molecule has 0 radical (unpaired) electrons. The van der Waals surface area contributed by atoms with Crippen molar-refractivity contribution in [2.45, 2.75) is 19.3 Å². The topological polar surface area (TPSA) is 37.6 Å². The zero-order valence-electron chi connectivity index (χ0n) is 14.4. The van der Waals surface area contributed by atoms with Crippen molar-refractivity contribution in [2.75, 3.05) is 13.1 Å². The minimum absolute atomic E-state index is 0.132. The summed E-state index contributed by atoms with van der Waals surface area (Å²) in [6.45, 7) is 1.71. The average molecular weight is 361 g/mol. The number of pyridine rings is 1. The Bertz CT molecular complexity index is 1090. The summed E-state index contributed by atoms with van der Waals surface area (Å²) >= 11 is 1.65. The normalized spacial score (nSPS) is 15.0. The summed E-state index contributed by atoms with van der Waals surface area (Å²) in [5.41, 5.74) is 2.89. The molecule has 0 unspecified atom stereocenters. The summed E-state index contributed by atoms with van der Waals surface area (Å²) < 4.78 is 2.07. The first-order valence-electron chi connectivity index (χ1n) is 9.03. The number of likely N-dealkylation sites (tertiary alicyclic amines) is 1. The number of rotatable bonds is 2. The molecule has 3 aromatic heterocycles. The number of piperidine rings is 1. The van der Waals surface area contributed by atoms with Gasteiger partial charge in [-0.1, -0.05) is 24.3 Å². The van der Waals surface area contributed by atoms with Crippen molar-refractivity contribution in [3.8, 4) is 11.4 Å². The van der Waals surface area contributed by atoms with Gasteiger partial charge in [0.2, 0.25) is 0 Å². The molecule has 1 fully saturated rings.